The fraction of sp³-hybridized carbons (Fsp3) is 0.0909. The zero-order chi connectivity index (χ0) is 19.3. The highest BCUT2D eigenvalue weighted by Gasteiger charge is 2.11. The molecule has 0 spiro atoms. The van der Waals surface area contributed by atoms with Gasteiger partial charge in [-0.15, -0.1) is 0 Å². The lowest BCUT2D eigenvalue weighted by molar-refractivity contribution is -0.115. The molecule has 28 heavy (non-hydrogen) atoms. The maximum absolute atomic E-state index is 12.4. The number of amides is 1. The number of aromatic amines is 1. The smallest absolute Gasteiger partial charge is 0.229 e. The second-order valence-electron chi connectivity index (χ2n) is 6.35. The number of aromatic nitrogens is 3. The highest BCUT2D eigenvalue weighted by atomic mass is 16.5. The Labute approximate surface area is 162 Å². The second-order valence-corrected chi connectivity index (χ2v) is 6.35. The van der Waals surface area contributed by atoms with Gasteiger partial charge in [0.1, 0.15) is 5.75 Å². The van der Waals surface area contributed by atoms with Crippen LogP contribution < -0.4 is 10.1 Å². The van der Waals surface area contributed by atoms with Gasteiger partial charge in [0.2, 0.25) is 5.91 Å². The van der Waals surface area contributed by atoms with Crippen LogP contribution in [-0.4, -0.2) is 27.8 Å². The third kappa shape index (κ3) is 3.81. The van der Waals surface area contributed by atoms with Gasteiger partial charge in [-0.1, -0.05) is 24.3 Å². The SMILES string of the molecule is COc1ccccc1-c1cc(NC(=O)Cc2ccc(-n3cccc3)cc2)n[nH]1. The van der Waals surface area contributed by atoms with Gasteiger partial charge in [-0.25, -0.2) is 0 Å². The van der Waals surface area contributed by atoms with E-state index < -0.39 is 0 Å². The molecule has 0 aliphatic carbocycles. The summed E-state index contributed by atoms with van der Waals surface area (Å²) in [7, 11) is 1.62. The fourth-order valence-electron chi connectivity index (χ4n) is 3.06. The molecule has 1 amide bonds. The summed E-state index contributed by atoms with van der Waals surface area (Å²) in [5, 5.41) is 9.96. The summed E-state index contributed by atoms with van der Waals surface area (Å²) in [5.41, 5.74) is 3.67. The largest absolute Gasteiger partial charge is 0.496 e. The number of ether oxygens (including phenoxy) is 1. The Balaban J connectivity index is 1.41. The van der Waals surface area contributed by atoms with Crippen LogP contribution in [0.1, 0.15) is 5.56 Å². The molecule has 6 nitrogen and oxygen atoms in total. The Kier molecular flexibility index (Phi) is 4.93. The molecule has 0 saturated heterocycles. The van der Waals surface area contributed by atoms with Crippen LogP contribution in [0.3, 0.4) is 0 Å². The molecule has 0 unspecified atom stereocenters. The topological polar surface area (TPSA) is 71.9 Å². The van der Waals surface area contributed by atoms with E-state index in [0.717, 1.165) is 28.3 Å². The molecule has 0 saturated carbocycles. The van der Waals surface area contributed by atoms with Crippen LogP contribution in [0.15, 0.2) is 79.1 Å². The van der Waals surface area contributed by atoms with E-state index in [1.54, 1.807) is 13.2 Å². The zero-order valence-electron chi connectivity index (χ0n) is 15.4. The van der Waals surface area contributed by atoms with E-state index in [1.807, 2.05) is 77.6 Å². The van der Waals surface area contributed by atoms with E-state index in [4.69, 9.17) is 4.74 Å². The van der Waals surface area contributed by atoms with Crippen molar-refractivity contribution in [1.82, 2.24) is 14.8 Å². The van der Waals surface area contributed by atoms with Crippen molar-refractivity contribution >= 4 is 11.7 Å². The third-order valence-electron chi connectivity index (χ3n) is 4.45. The van der Waals surface area contributed by atoms with Crippen LogP contribution in [-0.2, 0) is 11.2 Å². The lowest BCUT2D eigenvalue weighted by Crippen LogP contribution is -2.14. The van der Waals surface area contributed by atoms with Crippen molar-refractivity contribution in [1.29, 1.82) is 0 Å². The average molecular weight is 372 g/mol. The van der Waals surface area contributed by atoms with Gasteiger partial charge < -0.3 is 14.6 Å². The molecular weight excluding hydrogens is 352 g/mol. The van der Waals surface area contributed by atoms with Gasteiger partial charge in [0.05, 0.1) is 19.2 Å². The summed E-state index contributed by atoms with van der Waals surface area (Å²) >= 11 is 0. The summed E-state index contributed by atoms with van der Waals surface area (Å²) in [6.45, 7) is 0. The molecule has 2 N–H and O–H groups in total. The van der Waals surface area contributed by atoms with Gasteiger partial charge in [-0.05, 0) is 42.0 Å². The van der Waals surface area contributed by atoms with Gasteiger partial charge in [-0.3, -0.25) is 9.89 Å². The molecule has 0 aliphatic heterocycles. The second kappa shape index (κ2) is 7.84. The molecular formula is C22H20N4O2. The number of anilines is 1. The summed E-state index contributed by atoms with van der Waals surface area (Å²) < 4.78 is 7.39. The lowest BCUT2D eigenvalue weighted by atomic mass is 10.1. The van der Waals surface area contributed by atoms with Crippen LogP contribution in [0, 0.1) is 0 Å². The van der Waals surface area contributed by atoms with E-state index in [9.17, 15) is 4.79 Å². The predicted octanol–water partition coefficient (Wildman–Crippen LogP) is 4.06. The minimum Gasteiger partial charge on any atom is -0.496 e. The number of nitrogens with one attached hydrogen (secondary N) is 2. The monoisotopic (exact) mass is 372 g/mol. The van der Waals surface area contributed by atoms with Gasteiger partial charge >= 0.3 is 0 Å². The van der Waals surface area contributed by atoms with Crippen molar-refractivity contribution < 1.29 is 9.53 Å². The standard InChI is InChI=1S/C22H20N4O2/c1-28-20-7-3-2-6-18(20)19-15-21(25-24-19)23-22(27)14-16-8-10-17(11-9-16)26-12-4-5-13-26/h2-13,15H,14H2,1H3,(H2,23,24,25,27). The Morgan fingerprint density at radius 3 is 2.57 bits per heavy atom. The first-order valence-electron chi connectivity index (χ1n) is 8.94. The van der Waals surface area contributed by atoms with Crippen LogP contribution in [0.2, 0.25) is 0 Å². The van der Waals surface area contributed by atoms with Gasteiger partial charge in [0.25, 0.3) is 0 Å². The number of H-pyrrole nitrogens is 1. The molecule has 2 heterocycles. The predicted molar refractivity (Wildman–Crippen MR) is 109 cm³/mol. The maximum atomic E-state index is 12.4. The first kappa shape index (κ1) is 17.6. The van der Waals surface area contributed by atoms with Gasteiger partial charge in [0.15, 0.2) is 5.82 Å². The third-order valence-corrected chi connectivity index (χ3v) is 4.45. The normalized spacial score (nSPS) is 10.6. The molecule has 6 heteroatoms. The number of carbonyl (C=O) groups excluding carboxylic acids is 1. The Bertz CT molecular complexity index is 1070. The number of carbonyl (C=O) groups is 1. The van der Waals surface area contributed by atoms with E-state index in [1.165, 1.54) is 0 Å². The number of para-hydroxylation sites is 1. The van der Waals surface area contributed by atoms with Crippen LogP contribution in [0.5, 0.6) is 5.75 Å². The Hall–Kier alpha value is -3.80. The molecule has 0 fully saturated rings. The van der Waals surface area contributed by atoms with E-state index in [0.29, 0.717) is 5.82 Å². The van der Waals surface area contributed by atoms with Crippen molar-refractivity contribution in [2.24, 2.45) is 0 Å². The van der Waals surface area contributed by atoms with Crippen molar-refractivity contribution in [3.05, 3.63) is 84.7 Å². The number of rotatable bonds is 6. The fourth-order valence-corrected chi connectivity index (χ4v) is 3.06. The number of nitrogens with zero attached hydrogens (tertiary/aromatic N) is 2. The first-order valence-corrected chi connectivity index (χ1v) is 8.94. The van der Waals surface area contributed by atoms with Crippen LogP contribution >= 0.6 is 0 Å². The van der Waals surface area contributed by atoms with Crippen molar-refractivity contribution in [3.63, 3.8) is 0 Å². The van der Waals surface area contributed by atoms with Crippen molar-refractivity contribution in [2.75, 3.05) is 12.4 Å². The summed E-state index contributed by atoms with van der Waals surface area (Å²) in [4.78, 5) is 12.4. The molecule has 2 aromatic heterocycles. The zero-order valence-corrected chi connectivity index (χ0v) is 15.4. The van der Waals surface area contributed by atoms with Crippen molar-refractivity contribution in [3.8, 4) is 22.7 Å². The highest BCUT2D eigenvalue weighted by Crippen LogP contribution is 2.29. The molecule has 4 aromatic rings. The number of methoxy groups -OCH3 is 1. The van der Waals surface area contributed by atoms with E-state index >= 15 is 0 Å². The minimum atomic E-state index is -0.119. The quantitative estimate of drug-likeness (QED) is 0.536. The minimum absolute atomic E-state index is 0.119. The molecule has 0 aliphatic rings. The Morgan fingerprint density at radius 2 is 1.82 bits per heavy atom. The molecule has 0 bridgehead atoms. The Morgan fingerprint density at radius 1 is 1.07 bits per heavy atom. The number of benzene rings is 2. The molecule has 0 atom stereocenters. The number of hydrogen-bond donors (Lipinski definition) is 2. The lowest BCUT2D eigenvalue weighted by Gasteiger charge is -2.06. The maximum Gasteiger partial charge on any atom is 0.229 e. The molecule has 140 valence electrons. The highest BCUT2D eigenvalue weighted by molar-refractivity contribution is 5.92. The van der Waals surface area contributed by atoms with Crippen LogP contribution in [0.25, 0.3) is 16.9 Å². The van der Waals surface area contributed by atoms with Gasteiger partial charge in [-0.2, -0.15) is 5.10 Å². The van der Waals surface area contributed by atoms with E-state index in [-0.39, 0.29) is 12.3 Å². The summed E-state index contributed by atoms with van der Waals surface area (Å²) in [5.74, 6) is 1.11. The van der Waals surface area contributed by atoms with E-state index in [2.05, 4.69) is 15.5 Å². The summed E-state index contributed by atoms with van der Waals surface area (Å²) in [6.07, 6.45) is 4.25. The van der Waals surface area contributed by atoms with Crippen molar-refractivity contribution in [2.45, 2.75) is 6.42 Å². The molecule has 2 aromatic carbocycles. The van der Waals surface area contributed by atoms with Crippen LogP contribution in [0.4, 0.5) is 5.82 Å². The molecule has 4 rings (SSSR count). The number of hydrogen-bond acceptors (Lipinski definition) is 3. The first-order chi connectivity index (χ1) is 13.7. The summed E-state index contributed by atoms with van der Waals surface area (Å²) in [6, 6.07) is 21.3. The van der Waals surface area contributed by atoms with Gasteiger partial charge in [0, 0.05) is 29.7 Å². The molecule has 0 radical (unpaired) electrons. The average Bonchev–Trinajstić information content (AvgIpc) is 3.41.